The van der Waals surface area contributed by atoms with E-state index >= 15 is 0 Å². The van der Waals surface area contributed by atoms with E-state index < -0.39 is 0 Å². The molecule has 0 unspecified atom stereocenters. The van der Waals surface area contributed by atoms with Gasteiger partial charge in [-0.2, -0.15) is 0 Å². The second-order valence-corrected chi connectivity index (χ2v) is 8.97. The molecule has 1 N–H and O–H groups in total. The van der Waals surface area contributed by atoms with Crippen molar-refractivity contribution in [2.75, 3.05) is 5.32 Å². The number of hydrogen-bond donors (Lipinski definition) is 1. The first-order valence-electron chi connectivity index (χ1n) is 10.6. The number of rotatable bonds is 0. The predicted molar refractivity (Wildman–Crippen MR) is 121 cm³/mol. The first-order chi connectivity index (χ1) is 14.1. The SMILES string of the molecule is CC1(C)C2=C(CCC=C2)C2(c3ccccc3Nc3ccccc32)c2ccccc21. The molecule has 0 bridgehead atoms. The van der Waals surface area contributed by atoms with Crippen LogP contribution in [-0.2, 0) is 10.8 Å². The van der Waals surface area contributed by atoms with Crippen molar-refractivity contribution in [3.8, 4) is 0 Å². The number of benzene rings is 3. The Balaban J connectivity index is 1.86. The van der Waals surface area contributed by atoms with Gasteiger partial charge in [0.1, 0.15) is 0 Å². The molecule has 1 heterocycles. The van der Waals surface area contributed by atoms with E-state index in [0.29, 0.717) is 0 Å². The number of anilines is 2. The van der Waals surface area contributed by atoms with Crippen LogP contribution in [0.25, 0.3) is 0 Å². The molecule has 0 radical (unpaired) electrons. The van der Waals surface area contributed by atoms with Gasteiger partial charge in [-0.25, -0.2) is 0 Å². The molecule has 0 saturated heterocycles. The smallest absolute Gasteiger partial charge is 0.0711 e. The summed E-state index contributed by atoms with van der Waals surface area (Å²) in [4.78, 5) is 0. The fourth-order valence-corrected chi connectivity index (χ4v) is 6.05. The number of fused-ring (bicyclic) bond motifs is 7. The summed E-state index contributed by atoms with van der Waals surface area (Å²) in [5, 5.41) is 3.72. The molecule has 3 aliphatic rings. The molecule has 3 aromatic carbocycles. The van der Waals surface area contributed by atoms with Gasteiger partial charge in [0.2, 0.25) is 0 Å². The van der Waals surface area contributed by atoms with Gasteiger partial charge in [-0.15, -0.1) is 0 Å². The second-order valence-electron chi connectivity index (χ2n) is 8.97. The molecular weight excluding hydrogens is 350 g/mol. The van der Waals surface area contributed by atoms with Crippen LogP contribution in [-0.4, -0.2) is 0 Å². The van der Waals surface area contributed by atoms with Crippen LogP contribution < -0.4 is 5.32 Å². The van der Waals surface area contributed by atoms with Gasteiger partial charge in [0.05, 0.1) is 5.41 Å². The monoisotopic (exact) mass is 375 g/mol. The van der Waals surface area contributed by atoms with E-state index in [1.807, 2.05) is 0 Å². The molecule has 1 nitrogen and oxygen atoms in total. The molecule has 0 aromatic heterocycles. The first kappa shape index (κ1) is 16.9. The first-order valence-corrected chi connectivity index (χ1v) is 10.6. The van der Waals surface area contributed by atoms with E-state index in [1.54, 1.807) is 5.57 Å². The van der Waals surface area contributed by atoms with Crippen molar-refractivity contribution in [2.45, 2.75) is 37.5 Å². The van der Waals surface area contributed by atoms with Crippen LogP contribution in [0.3, 0.4) is 0 Å². The molecule has 1 aliphatic heterocycles. The van der Waals surface area contributed by atoms with Gasteiger partial charge in [0, 0.05) is 16.8 Å². The van der Waals surface area contributed by atoms with Crippen molar-refractivity contribution in [3.05, 3.63) is 118 Å². The fourth-order valence-electron chi connectivity index (χ4n) is 6.05. The molecule has 0 saturated carbocycles. The second kappa shape index (κ2) is 5.73. The highest BCUT2D eigenvalue weighted by Crippen LogP contribution is 2.61. The average molecular weight is 376 g/mol. The summed E-state index contributed by atoms with van der Waals surface area (Å²) in [7, 11) is 0. The Bertz CT molecular complexity index is 1160. The molecule has 0 fully saturated rings. The minimum atomic E-state index is -0.232. The van der Waals surface area contributed by atoms with E-state index in [4.69, 9.17) is 0 Å². The number of nitrogens with one attached hydrogen (secondary N) is 1. The summed E-state index contributed by atoms with van der Waals surface area (Å²) < 4.78 is 0. The van der Waals surface area contributed by atoms with Crippen molar-refractivity contribution >= 4 is 11.4 Å². The topological polar surface area (TPSA) is 12.0 Å². The summed E-state index contributed by atoms with van der Waals surface area (Å²) in [6.07, 6.45) is 6.98. The van der Waals surface area contributed by atoms with Crippen LogP contribution >= 0.6 is 0 Å². The lowest BCUT2D eigenvalue weighted by Crippen LogP contribution is -2.44. The maximum absolute atomic E-state index is 3.72. The maximum Gasteiger partial charge on any atom is 0.0711 e. The maximum atomic E-state index is 3.72. The van der Waals surface area contributed by atoms with Gasteiger partial charge in [-0.3, -0.25) is 0 Å². The van der Waals surface area contributed by atoms with Crippen LogP contribution in [0.4, 0.5) is 11.4 Å². The lowest BCUT2D eigenvalue weighted by Gasteiger charge is -2.52. The summed E-state index contributed by atoms with van der Waals surface area (Å²) >= 11 is 0. The Morgan fingerprint density at radius 3 is 1.90 bits per heavy atom. The van der Waals surface area contributed by atoms with E-state index in [9.17, 15) is 0 Å². The average Bonchev–Trinajstić information content (AvgIpc) is 2.77. The molecule has 6 rings (SSSR count). The molecular formula is C28H25N. The van der Waals surface area contributed by atoms with E-state index in [2.05, 4.69) is 104 Å². The van der Waals surface area contributed by atoms with E-state index in [0.717, 1.165) is 12.8 Å². The lowest BCUT2D eigenvalue weighted by molar-refractivity contribution is 0.531. The third-order valence-corrected chi connectivity index (χ3v) is 7.23. The fraction of sp³-hybridized carbons (Fsp3) is 0.214. The summed E-state index contributed by atoms with van der Waals surface area (Å²) in [6, 6.07) is 26.9. The summed E-state index contributed by atoms with van der Waals surface area (Å²) in [5.41, 5.74) is 10.9. The highest BCUT2D eigenvalue weighted by molar-refractivity contribution is 5.84. The quantitative estimate of drug-likeness (QED) is 0.445. The largest absolute Gasteiger partial charge is 0.355 e. The van der Waals surface area contributed by atoms with Crippen LogP contribution in [0, 0.1) is 0 Å². The lowest BCUT2D eigenvalue weighted by atomic mass is 9.52. The van der Waals surface area contributed by atoms with Crippen LogP contribution in [0.15, 0.2) is 96.1 Å². The van der Waals surface area contributed by atoms with Crippen molar-refractivity contribution in [3.63, 3.8) is 0 Å². The minimum Gasteiger partial charge on any atom is -0.355 e. The van der Waals surface area contributed by atoms with Gasteiger partial charge >= 0.3 is 0 Å². The van der Waals surface area contributed by atoms with Gasteiger partial charge in [0.25, 0.3) is 0 Å². The third-order valence-electron chi connectivity index (χ3n) is 7.23. The standard InChI is InChI=1S/C28H25N/c1-27(2)19-11-3-5-13-21(19)28(22-14-6-4-12-20(22)27)23-15-7-9-17-25(23)29-26-18-10-8-16-24(26)28/h3-5,7-13,15-18,29H,6,14H2,1-2H3. The van der Waals surface area contributed by atoms with Crippen LogP contribution in [0.1, 0.15) is 48.9 Å². The summed E-state index contributed by atoms with van der Waals surface area (Å²) in [5.74, 6) is 0. The van der Waals surface area contributed by atoms with Crippen molar-refractivity contribution in [2.24, 2.45) is 0 Å². The molecule has 0 amide bonds. The Morgan fingerprint density at radius 1 is 0.690 bits per heavy atom. The number of allylic oxidation sites excluding steroid dienone is 4. The highest BCUT2D eigenvalue weighted by Gasteiger charge is 2.52. The van der Waals surface area contributed by atoms with E-state index in [-0.39, 0.29) is 10.8 Å². The molecule has 0 atom stereocenters. The van der Waals surface area contributed by atoms with Crippen molar-refractivity contribution in [1.29, 1.82) is 0 Å². The van der Waals surface area contributed by atoms with Gasteiger partial charge in [-0.1, -0.05) is 86.7 Å². The Kier molecular flexibility index (Phi) is 3.33. The molecule has 142 valence electrons. The van der Waals surface area contributed by atoms with Gasteiger partial charge in [-0.05, 0) is 58.4 Å². The molecule has 29 heavy (non-hydrogen) atoms. The predicted octanol–water partition coefficient (Wildman–Crippen LogP) is 7.02. The van der Waals surface area contributed by atoms with Crippen LogP contribution in [0.2, 0.25) is 0 Å². The molecule has 3 aromatic rings. The Hall–Kier alpha value is -3.06. The van der Waals surface area contributed by atoms with Crippen LogP contribution in [0.5, 0.6) is 0 Å². The normalized spacial score (nSPS) is 19.7. The molecule has 1 heteroatoms. The van der Waals surface area contributed by atoms with E-state index in [1.165, 1.54) is 39.2 Å². The highest BCUT2D eigenvalue weighted by atomic mass is 14.9. The third kappa shape index (κ3) is 2.00. The molecule has 1 spiro atoms. The van der Waals surface area contributed by atoms with Gasteiger partial charge in [0.15, 0.2) is 0 Å². The Morgan fingerprint density at radius 2 is 1.24 bits per heavy atom. The van der Waals surface area contributed by atoms with Gasteiger partial charge < -0.3 is 5.32 Å². The zero-order valence-corrected chi connectivity index (χ0v) is 17.0. The van der Waals surface area contributed by atoms with Crippen molar-refractivity contribution < 1.29 is 0 Å². The zero-order chi connectivity index (χ0) is 19.6. The Labute approximate surface area is 172 Å². The summed E-state index contributed by atoms with van der Waals surface area (Å²) in [6.45, 7) is 4.78. The minimum absolute atomic E-state index is 0.00284. The van der Waals surface area contributed by atoms with Crippen molar-refractivity contribution in [1.82, 2.24) is 0 Å². The number of hydrogen-bond acceptors (Lipinski definition) is 1. The zero-order valence-electron chi connectivity index (χ0n) is 17.0. The number of para-hydroxylation sites is 2. The molecule has 2 aliphatic carbocycles.